The van der Waals surface area contributed by atoms with Crippen LogP contribution in [0.3, 0.4) is 0 Å². The van der Waals surface area contributed by atoms with E-state index in [0.29, 0.717) is 10.2 Å². The highest BCUT2D eigenvalue weighted by Gasteiger charge is 2.28. The van der Waals surface area contributed by atoms with Gasteiger partial charge in [-0.15, -0.1) is 0 Å². The van der Waals surface area contributed by atoms with Gasteiger partial charge in [0.2, 0.25) is 0 Å². The van der Waals surface area contributed by atoms with Crippen molar-refractivity contribution < 1.29 is 24.5 Å². The number of aromatic carboxylic acids is 1. The van der Waals surface area contributed by atoms with Gasteiger partial charge in [0.05, 0.1) is 15.5 Å². The van der Waals surface area contributed by atoms with E-state index < -0.39 is 17.4 Å². The molecule has 5 nitrogen and oxygen atoms in total. The van der Waals surface area contributed by atoms with E-state index in [4.69, 9.17) is 14.9 Å². The van der Waals surface area contributed by atoms with Crippen LogP contribution in [0.15, 0.2) is 22.7 Å². The Morgan fingerprint density at radius 1 is 1.33 bits per heavy atom. The molecule has 0 spiro atoms. The molecular formula is C12H13BrO5. The predicted molar refractivity (Wildman–Crippen MR) is 68.0 cm³/mol. The fourth-order valence-corrected chi connectivity index (χ4v) is 1.56. The molecule has 0 bridgehead atoms. The molecule has 0 radical (unpaired) electrons. The number of aliphatic carboxylic acids is 1. The number of halogens is 1. The van der Waals surface area contributed by atoms with E-state index in [0.717, 1.165) is 0 Å². The molecule has 0 fully saturated rings. The topological polar surface area (TPSA) is 83.8 Å². The number of hydrogen-bond acceptors (Lipinski definition) is 3. The van der Waals surface area contributed by atoms with Gasteiger partial charge in [-0.3, -0.25) is 4.79 Å². The first-order valence-electron chi connectivity index (χ1n) is 5.13. The summed E-state index contributed by atoms with van der Waals surface area (Å²) >= 11 is 3.18. The molecule has 1 aromatic carbocycles. The minimum atomic E-state index is -1.03. The highest BCUT2D eigenvalue weighted by atomic mass is 79.9. The van der Waals surface area contributed by atoms with E-state index in [-0.39, 0.29) is 12.2 Å². The minimum absolute atomic E-state index is 0.00660. The largest absolute Gasteiger partial charge is 0.491 e. The Labute approximate surface area is 113 Å². The first-order valence-corrected chi connectivity index (χ1v) is 5.92. The number of ether oxygens (including phenoxy) is 1. The summed E-state index contributed by atoms with van der Waals surface area (Å²) in [6.45, 7) is 3.09. The van der Waals surface area contributed by atoms with Crippen molar-refractivity contribution in [2.75, 3.05) is 6.61 Å². The van der Waals surface area contributed by atoms with Gasteiger partial charge >= 0.3 is 11.9 Å². The van der Waals surface area contributed by atoms with Gasteiger partial charge in [-0.25, -0.2) is 4.79 Å². The summed E-state index contributed by atoms with van der Waals surface area (Å²) in [5.41, 5.74) is -0.878. The fraction of sp³-hybridized carbons (Fsp3) is 0.333. The lowest BCUT2D eigenvalue weighted by molar-refractivity contribution is -0.148. The van der Waals surface area contributed by atoms with Crippen molar-refractivity contribution in [2.45, 2.75) is 13.8 Å². The van der Waals surface area contributed by atoms with Crippen molar-refractivity contribution in [2.24, 2.45) is 5.41 Å². The molecule has 0 aliphatic rings. The summed E-state index contributed by atoms with van der Waals surface area (Å²) in [5.74, 6) is -1.58. The first kappa shape index (κ1) is 14.5. The van der Waals surface area contributed by atoms with Gasteiger partial charge in [0.25, 0.3) is 0 Å². The van der Waals surface area contributed by atoms with Gasteiger partial charge in [0.15, 0.2) is 0 Å². The molecule has 0 saturated carbocycles. The van der Waals surface area contributed by atoms with E-state index in [9.17, 15) is 9.59 Å². The highest BCUT2D eigenvalue weighted by molar-refractivity contribution is 9.10. The molecule has 0 aromatic heterocycles. The molecule has 1 rings (SSSR count). The molecular weight excluding hydrogens is 304 g/mol. The second kappa shape index (κ2) is 5.39. The molecule has 0 saturated heterocycles. The van der Waals surface area contributed by atoms with Crippen molar-refractivity contribution in [3.05, 3.63) is 28.2 Å². The summed E-state index contributed by atoms with van der Waals surface area (Å²) in [4.78, 5) is 21.6. The van der Waals surface area contributed by atoms with E-state index in [2.05, 4.69) is 15.9 Å². The number of rotatable bonds is 5. The van der Waals surface area contributed by atoms with Crippen molar-refractivity contribution in [3.63, 3.8) is 0 Å². The smallest absolute Gasteiger partial charge is 0.335 e. The summed E-state index contributed by atoms with van der Waals surface area (Å²) < 4.78 is 5.85. The number of carboxylic acids is 2. The fourth-order valence-electron chi connectivity index (χ4n) is 1.07. The third-order valence-electron chi connectivity index (χ3n) is 2.35. The molecule has 0 heterocycles. The van der Waals surface area contributed by atoms with E-state index in [1.54, 1.807) is 13.8 Å². The molecule has 2 N–H and O–H groups in total. The summed E-state index contributed by atoms with van der Waals surface area (Å²) in [6, 6.07) is 4.30. The third kappa shape index (κ3) is 3.46. The van der Waals surface area contributed by atoms with Crippen molar-refractivity contribution in [1.82, 2.24) is 0 Å². The van der Waals surface area contributed by atoms with Crippen LogP contribution >= 0.6 is 15.9 Å². The molecule has 98 valence electrons. The quantitative estimate of drug-likeness (QED) is 0.872. The van der Waals surface area contributed by atoms with Crippen LogP contribution < -0.4 is 4.74 Å². The van der Waals surface area contributed by atoms with E-state index >= 15 is 0 Å². The summed E-state index contributed by atoms with van der Waals surface area (Å²) in [5, 5.41) is 17.7. The van der Waals surface area contributed by atoms with Crippen LogP contribution in [0, 0.1) is 5.41 Å². The summed E-state index contributed by atoms with van der Waals surface area (Å²) in [7, 11) is 0. The zero-order valence-electron chi connectivity index (χ0n) is 9.94. The lowest BCUT2D eigenvalue weighted by Crippen LogP contribution is -2.30. The molecule has 0 aliphatic heterocycles. The van der Waals surface area contributed by atoms with Crippen molar-refractivity contribution >= 4 is 27.9 Å². The number of carbonyl (C=O) groups is 2. The maximum Gasteiger partial charge on any atom is 0.335 e. The van der Waals surface area contributed by atoms with Crippen LogP contribution in [0.4, 0.5) is 0 Å². The number of carboxylic acid groups (broad SMARTS) is 2. The Bertz CT molecular complexity index is 481. The molecule has 0 unspecified atom stereocenters. The van der Waals surface area contributed by atoms with Crippen LogP contribution in [-0.4, -0.2) is 28.8 Å². The number of hydrogen-bond donors (Lipinski definition) is 2. The lowest BCUT2D eigenvalue weighted by atomic mass is 9.95. The Morgan fingerprint density at radius 2 is 1.94 bits per heavy atom. The van der Waals surface area contributed by atoms with Gasteiger partial charge < -0.3 is 14.9 Å². The van der Waals surface area contributed by atoms with Crippen LogP contribution in [0.2, 0.25) is 0 Å². The molecule has 18 heavy (non-hydrogen) atoms. The Hall–Kier alpha value is -1.56. The first-order chi connectivity index (χ1) is 8.24. The van der Waals surface area contributed by atoms with Crippen LogP contribution in [-0.2, 0) is 4.79 Å². The molecule has 6 heteroatoms. The molecule has 0 atom stereocenters. The lowest BCUT2D eigenvalue weighted by Gasteiger charge is -2.20. The summed E-state index contributed by atoms with van der Waals surface area (Å²) in [6.07, 6.45) is 0. The Morgan fingerprint density at radius 3 is 2.39 bits per heavy atom. The number of benzene rings is 1. The third-order valence-corrected chi connectivity index (χ3v) is 2.97. The molecule has 0 amide bonds. The minimum Gasteiger partial charge on any atom is -0.491 e. The van der Waals surface area contributed by atoms with Gasteiger partial charge in [0, 0.05) is 0 Å². The van der Waals surface area contributed by atoms with Crippen molar-refractivity contribution in [1.29, 1.82) is 0 Å². The standard InChI is InChI=1S/C12H13BrO5/c1-12(2,11(16)17)6-18-9-4-3-7(10(14)15)5-8(9)13/h3-5H,6H2,1-2H3,(H,14,15)(H,16,17). The van der Waals surface area contributed by atoms with Crippen LogP contribution in [0.5, 0.6) is 5.75 Å². The second-order valence-corrected chi connectivity index (χ2v) is 5.28. The Balaban J connectivity index is 2.81. The molecule has 1 aromatic rings. The van der Waals surface area contributed by atoms with Gasteiger partial charge in [-0.1, -0.05) is 0 Å². The predicted octanol–water partition coefficient (Wildman–Crippen LogP) is 2.64. The van der Waals surface area contributed by atoms with E-state index in [1.165, 1.54) is 18.2 Å². The van der Waals surface area contributed by atoms with E-state index in [1.807, 2.05) is 0 Å². The van der Waals surface area contributed by atoms with Crippen LogP contribution in [0.25, 0.3) is 0 Å². The normalized spacial score (nSPS) is 11.1. The monoisotopic (exact) mass is 316 g/mol. The SMILES string of the molecule is CC(C)(COc1ccc(C(=O)O)cc1Br)C(=O)O. The van der Waals surface area contributed by atoms with Crippen LogP contribution in [0.1, 0.15) is 24.2 Å². The zero-order chi connectivity index (χ0) is 13.9. The maximum absolute atomic E-state index is 10.9. The van der Waals surface area contributed by atoms with Gasteiger partial charge in [0.1, 0.15) is 12.4 Å². The van der Waals surface area contributed by atoms with Crippen molar-refractivity contribution in [3.8, 4) is 5.75 Å². The zero-order valence-corrected chi connectivity index (χ0v) is 11.5. The van der Waals surface area contributed by atoms with Gasteiger partial charge in [-0.05, 0) is 48.0 Å². The average molecular weight is 317 g/mol. The average Bonchev–Trinajstić information content (AvgIpc) is 2.26. The highest BCUT2D eigenvalue weighted by Crippen LogP contribution is 2.28. The second-order valence-electron chi connectivity index (χ2n) is 4.43. The Kier molecular flexibility index (Phi) is 4.34. The van der Waals surface area contributed by atoms with Gasteiger partial charge in [-0.2, -0.15) is 0 Å². The maximum atomic E-state index is 10.9. The molecule has 0 aliphatic carbocycles.